The van der Waals surface area contributed by atoms with Crippen molar-refractivity contribution < 1.29 is 0 Å². The van der Waals surface area contributed by atoms with Crippen LogP contribution in [0, 0.1) is 11.3 Å². The van der Waals surface area contributed by atoms with Crippen LogP contribution in [0.25, 0.3) is 51.0 Å². The molecule has 4 nitrogen and oxygen atoms in total. The van der Waals surface area contributed by atoms with Crippen LogP contribution in [0.4, 0.5) is 0 Å². The van der Waals surface area contributed by atoms with Gasteiger partial charge in [0.2, 0.25) is 0 Å². The molecule has 2 aromatic heterocycles. The summed E-state index contributed by atoms with van der Waals surface area (Å²) in [5, 5.41) is 1.53. The predicted molar refractivity (Wildman–Crippen MR) is 268 cm³/mol. The van der Waals surface area contributed by atoms with Crippen molar-refractivity contribution >= 4 is 34.3 Å². The summed E-state index contributed by atoms with van der Waals surface area (Å²) in [4.78, 5) is 17.0. The Morgan fingerprint density at radius 3 is 2.17 bits per heavy atom. The summed E-state index contributed by atoms with van der Waals surface area (Å²) in [5.41, 5.74) is 19.0. The number of hydrogen-bond donors (Lipinski definition) is 0. The molecule has 6 aliphatic rings. The number of para-hydroxylation sites is 1. The fourth-order valence-electron chi connectivity index (χ4n) is 12.0. The van der Waals surface area contributed by atoms with E-state index in [4.69, 9.17) is 15.0 Å². The van der Waals surface area contributed by atoms with Crippen LogP contribution in [-0.4, -0.2) is 24.8 Å². The van der Waals surface area contributed by atoms with Crippen LogP contribution in [0.15, 0.2) is 197 Å². The SMILES string of the molecule is CC1(C)C2=C(C=CCC2)C2=Cc3c(n(-c4ccccc4)c4cc(C5C=C(C6=CC7c8ccccc8SC7C(c7nc(-c8ccccc8)nc(-c8ccccc8)n7)=C6)CCC5)ccc34)CC21. The monoisotopic (exact) mass is 858 g/mol. The van der Waals surface area contributed by atoms with Crippen LogP contribution >= 0.6 is 11.8 Å². The third-order valence-corrected chi connectivity index (χ3v) is 16.7. The van der Waals surface area contributed by atoms with E-state index in [1.807, 2.05) is 23.9 Å². The van der Waals surface area contributed by atoms with Crippen LogP contribution in [0.2, 0.25) is 0 Å². The van der Waals surface area contributed by atoms with Gasteiger partial charge in [-0.25, -0.2) is 15.0 Å². The van der Waals surface area contributed by atoms with E-state index in [9.17, 15) is 0 Å². The Morgan fingerprint density at radius 2 is 1.40 bits per heavy atom. The van der Waals surface area contributed by atoms with Gasteiger partial charge in [-0.3, -0.25) is 0 Å². The number of allylic oxidation sites excluding steroid dienone is 10. The van der Waals surface area contributed by atoms with Gasteiger partial charge in [-0.05, 0) is 120 Å². The first-order valence-electron chi connectivity index (χ1n) is 23.6. The highest BCUT2D eigenvalue weighted by Crippen LogP contribution is 2.58. The Morgan fingerprint density at radius 1 is 0.692 bits per heavy atom. The Kier molecular flexibility index (Phi) is 9.13. The molecule has 7 aromatic rings. The Labute approximate surface area is 386 Å². The minimum absolute atomic E-state index is 0.148. The van der Waals surface area contributed by atoms with Crippen molar-refractivity contribution in [3.8, 4) is 28.5 Å². The van der Waals surface area contributed by atoms with Crippen molar-refractivity contribution in [2.75, 3.05) is 0 Å². The molecule has 0 spiro atoms. The average Bonchev–Trinajstić information content (AvgIpc) is 3.98. The van der Waals surface area contributed by atoms with Crippen LogP contribution in [-0.2, 0) is 6.42 Å². The first-order chi connectivity index (χ1) is 32.0. The van der Waals surface area contributed by atoms with E-state index in [0.29, 0.717) is 23.5 Å². The normalized spacial score (nSPS) is 22.6. The second-order valence-corrected chi connectivity index (χ2v) is 20.5. The van der Waals surface area contributed by atoms with Crippen molar-refractivity contribution in [2.24, 2.45) is 11.3 Å². The molecule has 13 rings (SSSR count). The minimum atomic E-state index is 0.148. The van der Waals surface area contributed by atoms with E-state index in [0.717, 1.165) is 49.1 Å². The number of thioether (sulfide) groups is 1. The van der Waals surface area contributed by atoms with Gasteiger partial charge in [0.05, 0.1) is 5.52 Å². The maximum atomic E-state index is 5.29. The first-order valence-corrected chi connectivity index (χ1v) is 24.5. The number of rotatable bonds is 6. The molecule has 316 valence electrons. The van der Waals surface area contributed by atoms with Gasteiger partial charge in [0.25, 0.3) is 0 Å². The second kappa shape index (κ2) is 15.3. The van der Waals surface area contributed by atoms with Gasteiger partial charge in [-0.1, -0.05) is 153 Å². The number of benzene rings is 5. The highest BCUT2D eigenvalue weighted by molar-refractivity contribution is 8.00. The molecule has 0 bridgehead atoms. The van der Waals surface area contributed by atoms with Gasteiger partial charge in [-0.2, -0.15) is 0 Å². The lowest BCUT2D eigenvalue weighted by atomic mass is 9.71. The molecule has 0 saturated heterocycles. The summed E-state index contributed by atoms with van der Waals surface area (Å²) >= 11 is 1.95. The number of aromatic nitrogens is 4. The maximum Gasteiger partial charge on any atom is 0.164 e. The molecule has 4 atom stereocenters. The fourth-order valence-corrected chi connectivity index (χ4v) is 13.5. The number of hydrogen-bond acceptors (Lipinski definition) is 4. The lowest BCUT2D eigenvalue weighted by Gasteiger charge is -2.33. The molecular formula is C60H50N4S. The maximum absolute atomic E-state index is 5.29. The molecule has 5 aliphatic carbocycles. The van der Waals surface area contributed by atoms with Gasteiger partial charge in [0, 0.05) is 61.0 Å². The second-order valence-electron chi connectivity index (χ2n) is 19.3. The largest absolute Gasteiger partial charge is 0.313 e. The van der Waals surface area contributed by atoms with E-state index < -0.39 is 0 Å². The molecule has 5 aromatic carbocycles. The van der Waals surface area contributed by atoms with Crippen molar-refractivity contribution in [3.63, 3.8) is 0 Å². The molecule has 0 saturated carbocycles. The van der Waals surface area contributed by atoms with E-state index >= 15 is 0 Å². The number of fused-ring (bicyclic) bond motifs is 8. The summed E-state index contributed by atoms with van der Waals surface area (Å²) in [6.45, 7) is 4.99. The molecule has 0 N–H and O–H groups in total. The fraction of sp³-hybridized carbons (Fsp3) is 0.217. The zero-order chi connectivity index (χ0) is 43.2. The van der Waals surface area contributed by atoms with E-state index in [2.05, 4.69) is 176 Å². The van der Waals surface area contributed by atoms with Gasteiger partial charge >= 0.3 is 0 Å². The molecular weight excluding hydrogens is 809 g/mol. The molecule has 3 heterocycles. The smallest absolute Gasteiger partial charge is 0.164 e. The quantitative estimate of drug-likeness (QED) is 0.167. The van der Waals surface area contributed by atoms with Crippen molar-refractivity contribution in [3.05, 3.63) is 220 Å². The van der Waals surface area contributed by atoms with E-state index in [1.165, 1.54) is 72.6 Å². The number of nitrogens with zero attached hydrogens (tertiary/aromatic N) is 4. The predicted octanol–water partition coefficient (Wildman–Crippen LogP) is 14.9. The first kappa shape index (κ1) is 38.9. The molecule has 0 fully saturated rings. The van der Waals surface area contributed by atoms with E-state index in [-0.39, 0.29) is 16.6 Å². The summed E-state index contributed by atoms with van der Waals surface area (Å²) in [6, 6.07) is 48.2. The van der Waals surface area contributed by atoms with E-state index in [1.54, 1.807) is 11.1 Å². The van der Waals surface area contributed by atoms with Gasteiger partial charge in [0.1, 0.15) is 0 Å². The van der Waals surface area contributed by atoms with Gasteiger partial charge in [-0.15, -0.1) is 11.8 Å². The molecule has 4 unspecified atom stereocenters. The third-order valence-electron chi connectivity index (χ3n) is 15.3. The highest BCUT2D eigenvalue weighted by Gasteiger charge is 2.47. The summed E-state index contributed by atoms with van der Waals surface area (Å²) in [6.07, 6.45) is 21.7. The van der Waals surface area contributed by atoms with Gasteiger partial charge in [0.15, 0.2) is 17.5 Å². The third kappa shape index (κ3) is 6.37. The van der Waals surface area contributed by atoms with Gasteiger partial charge < -0.3 is 4.57 Å². The van der Waals surface area contributed by atoms with Crippen LogP contribution < -0.4 is 0 Å². The zero-order valence-corrected chi connectivity index (χ0v) is 37.7. The lowest BCUT2D eigenvalue weighted by molar-refractivity contribution is 0.315. The summed E-state index contributed by atoms with van der Waals surface area (Å²) in [7, 11) is 0. The highest BCUT2D eigenvalue weighted by atomic mass is 32.2. The van der Waals surface area contributed by atoms with Crippen molar-refractivity contribution in [2.45, 2.75) is 74.4 Å². The van der Waals surface area contributed by atoms with Crippen molar-refractivity contribution in [1.82, 2.24) is 19.5 Å². The topological polar surface area (TPSA) is 43.6 Å². The summed E-state index contributed by atoms with van der Waals surface area (Å²) in [5.74, 6) is 3.18. The molecule has 5 heteroatoms. The molecule has 0 radical (unpaired) electrons. The zero-order valence-electron chi connectivity index (χ0n) is 36.9. The molecule has 65 heavy (non-hydrogen) atoms. The van der Waals surface area contributed by atoms with Crippen LogP contribution in [0.1, 0.15) is 86.0 Å². The Bertz CT molecular complexity index is 3210. The standard InChI is InChI=1S/C60H50N4S/c1-60(2)51-27-14-12-25-44(51)47-35-48-45-30-29-41(34-53(45)64(54(48)36-52(47)60)43-23-10-5-11-24-43)39-21-16-22-40(31-39)42-32-49-46-26-13-15-28-55(46)65-56(49)50(33-42)59-62-57(37-17-6-3-7-18-37)61-58(63-59)38-19-8-4-9-20-38/h3-13,15,17-20,23-26,28-35,39,49,52,56H,14,16,21-22,27,36H2,1-2H3. The minimum Gasteiger partial charge on any atom is -0.313 e. The average molecular weight is 859 g/mol. The Hall–Kier alpha value is -6.56. The van der Waals surface area contributed by atoms with Crippen molar-refractivity contribution in [1.29, 1.82) is 0 Å². The Balaban J connectivity index is 0.929. The summed E-state index contributed by atoms with van der Waals surface area (Å²) < 4.78 is 2.61. The van der Waals surface area contributed by atoms with Crippen LogP contribution in [0.3, 0.4) is 0 Å². The molecule has 0 amide bonds. The van der Waals surface area contributed by atoms with Crippen LogP contribution in [0.5, 0.6) is 0 Å². The lowest BCUT2D eigenvalue weighted by Crippen LogP contribution is -2.27. The molecule has 1 aliphatic heterocycles.